The molecule has 0 aliphatic heterocycles. The van der Waals surface area contributed by atoms with Crippen molar-refractivity contribution in [1.82, 2.24) is 0 Å². The minimum Gasteiger partial charge on any atom is -0.207 e. The van der Waals surface area contributed by atoms with Crippen LogP contribution in [0.25, 0.3) is 0 Å². The van der Waals surface area contributed by atoms with Crippen molar-refractivity contribution in [1.29, 1.82) is 0 Å². The molecule has 1 aromatic carbocycles. The second kappa shape index (κ2) is 6.44. The van der Waals surface area contributed by atoms with Crippen LogP contribution in [0.4, 0.5) is 4.39 Å². The van der Waals surface area contributed by atoms with Crippen LogP contribution in [0.3, 0.4) is 0 Å². The number of hydrogen-bond acceptors (Lipinski definition) is 1. The van der Waals surface area contributed by atoms with E-state index in [4.69, 9.17) is 0 Å². The maximum atomic E-state index is 12.5. The molecule has 0 spiro atoms. The largest absolute Gasteiger partial charge is 0.207 e. The third-order valence-corrected chi connectivity index (χ3v) is 3.27. The Morgan fingerprint density at radius 1 is 1.15 bits per heavy atom. The van der Waals surface area contributed by atoms with Gasteiger partial charge in [0.25, 0.3) is 0 Å². The van der Waals surface area contributed by atoms with E-state index in [-0.39, 0.29) is 5.82 Å². The van der Waals surface area contributed by atoms with Crippen LogP contribution < -0.4 is 0 Å². The highest BCUT2D eigenvalue weighted by atomic mass is 79.9. The van der Waals surface area contributed by atoms with Crippen LogP contribution >= 0.6 is 27.7 Å². The number of thioether (sulfide) groups is 1. The van der Waals surface area contributed by atoms with Crippen LogP contribution in [0.5, 0.6) is 0 Å². The molecule has 1 rings (SSSR count). The van der Waals surface area contributed by atoms with Crippen LogP contribution in [0, 0.1) is 5.82 Å². The highest BCUT2D eigenvalue weighted by molar-refractivity contribution is 9.09. The van der Waals surface area contributed by atoms with Crippen LogP contribution in [-0.4, -0.2) is 11.1 Å². The van der Waals surface area contributed by atoms with E-state index in [1.165, 1.54) is 25.0 Å². The summed E-state index contributed by atoms with van der Waals surface area (Å²) in [5.74, 6) is 0.946. The van der Waals surface area contributed by atoms with Crippen molar-refractivity contribution < 1.29 is 4.39 Å². The lowest BCUT2D eigenvalue weighted by atomic mass is 10.3. The van der Waals surface area contributed by atoms with Crippen molar-refractivity contribution >= 4 is 27.7 Å². The molecule has 0 nitrogen and oxygen atoms in total. The van der Waals surface area contributed by atoms with Gasteiger partial charge in [0.15, 0.2) is 0 Å². The number of hydrogen-bond donors (Lipinski definition) is 0. The van der Waals surface area contributed by atoms with E-state index in [2.05, 4.69) is 15.9 Å². The third kappa shape index (κ3) is 4.67. The topological polar surface area (TPSA) is 0 Å². The lowest BCUT2D eigenvalue weighted by Gasteiger charge is -1.99. The average molecular weight is 263 g/mol. The van der Waals surface area contributed by atoms with Crippen molar-refractivity contribution in [2.45, 2.75) is 17.7 Å². The zero-order chi connectivity index (χ0) is 9.52. The van der Waals surface area contributed by atoms with Gasteiger partial charge in [-0.05, 0) is 42.9 Å². The van der Waals surface area contributed by atoms with Crippen molar-refractivity contribution in [2.75, 3.05) is 11.1 Å². The summed E-state index contributed by atoms with van der Waals surface area (Å²) in [6, 6.07) is 6.67. The van der Waals surface area contributed by atoms with E-state index in [9.17, 15) is 4.39 Å². The summed E-state index contributed by atoms with van der Waals surface area (Å²) < 4.78 is 12.5. The van der Waals surface area contributed by atoms with E-state index >= 15 is 0 Å². The minimum absolute atomic E-state index is 0.162. The SMILES string of the molecule is Fc1ccc(SCCCCBr)cc1. The van der Waals surface area contributed by atoms with Gasteiger partial charge in [0.2, 0.25) is 0 Å². The Hall–Kier alpha value is -0.0200. The molecule has 0 N–H and O–H groups in total. The predicted octanol–water partition coefficient (Wildman–Crippen LogP) is 4.09. The zero-order valence-corrected chi connectivity index (χ0v) is 9.70. The first-order valence-corrected chi connectivity index (χ1v) is 6.38. The molecular weight excluding hydrogens is 251 g/mol. The van der Waals surface area contributed by atoms with Gasteiger partial charge in [-0.1, -0.05) is 15.9 Å². The van der Waals surface area contributed by atoms with Gasteiger partial charge < -0.3 is 0 Å². The Labute approximate surface area is 91.0 Å². The van der Waals surface area contributed by atoms with E-state index < -0.39 is 0 Å². The Bertz CT molecular complexity index is 235. The van der Waals surface area contributed by atoms with Crippen molar-refractivity contribution in [3.8, 4) is 0 Å². The Kier molecular flexibility index (Phi) is 5.47. The number of halogens is 2. The fourth-order valence-electron chi connectivity index (χ4n) is 0.917. The van der Waals surface area contributed by atoms with Crippen LogP contribution in [0.2, 0.25) is 0 Å². The number of alkyl halides is 1. The highest BCUT2D eigenvalue weighted by Gasteiger charge is 1.94. The molecule has 0 heterocycles. The normalized spacial score (nSPS) is 10.3. The molecule has 0 unspecified atom stereocenters. The second-order valence-electron chi connectivity index (χ2n) is 2.70. The van der Waals surface area contributed by atoms with Gasteiger partial charge in [0.05, 0.1) is 0 Å². The van der Waals surface area contributed by atoms with Crippen LogP contribution in [0.15, 0.2) is 29.2 Å². The predicted molar refractivity (Wildman–Crippen MR) is 60.2 cm³/mol. The zero-order valence-electron chi connectivity index (χ0n) is 7.30. The minimum atomic E-state index is -0.162. The van der Waals surface area contributed by atoms with Crippen molar-refractivity contribution in [2.24, 2.45) is 0 Å². The second-order valence-corrected chi connectivity index (χ2v) is 4.66. The Morgan fingerprint density at radius 2 is 1.85 bits per heavy atom. The molecule has 72 valence electrons. The summed E-state index contributed by atoms with van der Waals surface area (Å²) in [5, 5.41) is 1.07. The third-order valence-electron chi connectivity index (χ3n) is 1.61. The quantitative estimate of drug-likeness (QED) is 0.438. The molecule has 0 atom stereocenters. The molecule has 1 aromatic rings. The summed E-state index contributed by atoms with van der Waals surface area (Å²) in [6.45, 7) is 0. The summed E-state index contributed by atoms with van der Waals surface area (Å²) >= 11 is 5.17. The maximum absolute atomic E-state index is 12.5. The average Bonchev–Trinajstić information content (AvgIpc) is 2.15. The summed E-state index contributed by atoms with van der Waals surface area (Å²) in [4.78, 5) is 1.15. The number of rotatable bonds is 5. The van der Waals surface area contributed by atoms with E-state index in [1.54, 1.807) is 11.8 Å². The molecule has 13 heavy (non-hydrogen) atoms. The molecule has 0 saturated heterocycles. The Balaban J connectivity index is 2.25. The monoisotopic (exact) mass is 262 g/mol. The maximum Gasteiger partial charge on any atom is 0.123 e. The molecule has 0 saturated carbocycles. The summed E-state index contributed by atoms with van der Waals surface area (Å²) in [5.41, 5.74) is 0. The van der Waals surface area contributed by atoms with Crippen molar-refractivity contribution in [3.05, 3.63) is 30.1 Å². The van der Waals surface area contributed by atoms with Crippen LogP contribution in [-0.2, 0) is 0 Å². The molecule has 0 radical (unpaired) electrons. The van der Waals surface area contributed by atoms with Gasteiger partial charge in [-0.3, -0.25) is 0 Å². The van der Waals surface area contributed by atoms with E-state index in [0.29, 0.717) is 0 Å². The first-order chi connectivity index (χ1) is 6.33. The smallest absolute Gasteiger partial charge is 0.123 e. The molecule has 0 aliphatic rings. The summed E-state index contributed by atoms with van der Waals surface area (Å²) in [6.07, 6.45) is 2.40. The van der Waals surface area contributed by atoms with Crippen molar-refractivity contribution in [3.63, 3.8) is 0 Å². The molecule has 0 amide bonds. The summed E-state index contributed by atoms with van der Waals surface area (Å²) in [7, 11) is 0. The lowest BCUT2D eigenvalue weighted by Crippen LogP contribution is -1.81. The van der Waals surface area contributed by atoms with Gasteiger partial charge in [0.1, 0.15) is 5.82 Å². The highest BCUT2D eigenvalue weighted by Crippen LogP contribution is 2.19. The lowest BCUT2D eigenvalue weighted by molar-refractivity contribution is 0.626. The molecule has 0 bridgehead atoms. The van der Waals surface area contributed by atoms with Gasteiger partial charge in [-0.2, -0.15) is 0 Å². The fourth-order valence-corrected chi connectivity index (χ4v) is 2.23. The number of unbranched alkanes of at least 4 members (excludes halogenated alkanes) is 1. The van der Waals surface area contributed by atoms with E-state index in [0.717, 1.165) is 16.0 Å². The van der Waals surface area contributed by atoms with Gasteiger partial charge in [0, 0.05) is 10.2 Å². The molecule has 3 heteroatoms. The number of benzene rings is 1. The van der Waals surface area contributed by atoms with Gasteiger partial charge in [-0.15, -0.1) is 11.8 Å². The standard InChI is InChI=1S/C10H12BrFS/c11-7-1-2-8-13-10-5-3-9(12)4-6-10/h3-6H,1-2,7-8H2. The van der Waals surface area contributed by atoms with Gasteiger partial charge >= 0.3 is 0 Å². The van der Waals surface area contributed by atoms with E-state index in [1.807, 2.05) is 12.1 Å². The first kappa shape index (κ1) is 11.1. The molecular formula is C10H12BrFS. The van der Waals surface area contributed by atoms with Gasteiger partial charge in [-0.25, -0.2) is 4.39 Å². The first-order valence-electron chi connectivity index (χ1n) is 4.27. The molecule has 0 aromatic heterocycles. The fraction of sp³-hybridized carbons (Fsp3) is 0.400. The Morgan fingerprint density at radius 3 is 2.46 bits per heavy atom. The van der Waals surface area contributed by atoms with Crippen LogP contribution in [0.1, 0.15) is 12.8 Å². The molecule has 0 aliphatic carbocycles. The molecule has 0 fully saturated rings.